The third-order valence-electron chi connectivity index (χ3n) is 0.795. The van der Waals surface area contributed by atoms with E-state index in [1.165, 1.54) is 18.3 Å². The Bertz CT molecular complexity index is 191. The Morgan fingerprint density at radius 2 is 2.10 bits per heavy atom. The van der Waals surface area contributed by atoms with Crippen LogP contribution < -0.4 is 0 Å². The van der Waals surface area contributed by atoms with Crippen molar-refractivity contribution < 1.29 is 13.2 Å². The monoisotopic (exact) mass is 167 g/mol. The van der Waals surface area contributed by atoms with E-state index in [1.54, 1.807) is 0 Å². The van der Waals surface area contributed by atoms with E-state index < -0.39 is 5.51 Å². The average molecular weight is 167 g/mol. The molecule has 0 aliphatic rings. The summed E-state index contributed by atoms with van der Waals surface area (Å²) in [5.41, 5.74) is -4.19. The molecule has 1 aromatic heterocycles. The van der Waals surface area contributed by atoms with Gasteiger partial charge in [0, 0.05) is 18.0 Å². The number of aromatic nitrogens is 1. The molecular formula is C5H4F3NS. The van der Waals surface area contributed by atoms with Gasteiger partial charge in [0.15, 0.2) is 0 Å². The van der Waals surface area contributed by atoms with Gasteiger partial charge >= 0.3 is 5.51 Å². The number of hydrogen-bond donors (Lipinski definition) is 1. The summed E-state index contributed by atoms with van der Waals surface area (Å²) in [6, 6.07) is 2.90. The second-order valence-electron chi connectivity index (χ2n) is 1.58. The number of rotatable bonds is 1. The summed E-state index contributed by atoms with van der Waals surface area (Å²) in [6.45, 7) is 0. The van der Waals surface area contributed by atoms with Gasteiger partial charge in [0.25, 0.3) is 0 Å². The second-order valence-corrected chi connectivity index (χ2v) is 2.69. The van der Waals surface area contributed by atoms with Gasteiger partial charge in [-0.25, -0.2) is 0 Å². The lowest BCUT2D eigenvalue weighted by atomic mass is 10.7. The highest BCUT2D eigenvalue weighted by atomic mass is 32.2. The first-order chi connectivity index (χ1) is 4.58. The lowest BCUT2D eigenvalue weighted by Gasteiger charge is -2.01. The zero-order valence-electron chi connectivity index (χ0n) is 4.77. The van der Waals surface area contributed by atoms with Crippen LogP contribution in [0.5, 0.6) is 0 Å². The van der Waals surface area contributed by atoms with Gasteiger partial charge in [-0.15, -0.1) is 0 Å². The molecule has 0 aromatic carbocycles. The van der Waals surface area contributed by atoms with E-state index in [2.05, 4.69) is 4.98 Å². The molecule has 1 rings (SSSR count). The van der Waals surface area contributed by atoms with Crippen LogP contribution >= 0.6 is 11.8 Å². The van der Waals surface area contributed by atoms with Crippen molar-refractivity contribution in [2.75, 3.05) is 0 Å². The highest BCUT2D eigenvalue weighted by molar-refractivity contribution is 8.00. The van der Waals surface area contributed by atoms with Crippen LogP contribution in [-0.2, 0) is 0 Å². The minimum absolute atomic E-state index is 0.118. The Morgan fingerprint density at radius 1 is 1.40 bits per heavy atom. The molecule has 0 saturated carbocycles. The molecular weight excluding hydrogens is 163 g/mol. The van der Waals surface area contributed by atoms with Crippen molar-refractivity contribution in [2.45, 2.75) is 10.5 Å². The summed E-state index contributed by atoms with van der Waals surface area (Å²) < 4.78 is 34.7. The minimum Gasteiger partial charge on any atom is -0.356 e. The SMILES string of the molecule is FC(F)(F)Sc1ccc[nH]1. The van der Waals surface area contributed by atoms with Crippen LogP contribution in [0.4, 0.5) is 13.2 Å². The third-order valence-corrected chi connectivity index (χ3v) is 1.50. The summed E-state index contributed by atoms with van der Waals surface area (Å²) >= 11 is -0.148. The number of aromatic amines is 1. The van der Waals surface area contributed by atoms with E-state index in [-0.39, 0.29) is 16.8 Å². The number of thioether (sulfide) groups is 1. The molecule has 0 fully saturated rings. The van der Waals surface area contributed by atoms with Crippen molar-refractivity contribution in [1.29, 1.82) is 0 Å². The van der Waals surface area contributed by atoms with Crippen LogP contribution in [0, 0.1) is 0 Å². The Labute approximate surface area is 59.6 Å². The highest BCUT2D eigenvalue weighted by Gasteiger charge is 2.29. The van der Waals surface area contributed by atoms with E-state index in [9.17, 15) is 13.2 Å². The molecule has 0 spiro atoms. The Hall–Kier alpha value is -0.580. The van der Waals surface area contributed by atoms with Crippen molar-refractivity contribution >= 4 is 11.8 Å². The van der Waals surface area contributed by atoms with Gasteiger partial charge in [-0.3, -0.25) is 0 Å². The first-order valence-electron chi connectivity index (χ1n) is 2.47. The first-order valence-corrected chi connectivity index (χ1v) is 3.29. The Morgan fingerprint density at radius 3 is 2.50 bits per heavy atom. The molecule has 0 aliphatic heterocycles. The maximum Gasteiger partial charge on any atom is 0.447 e. The van der Waals surface area contributed by atoms with E-state index in [1.807, 2.05) is 0 Å². The lowest BCUT2D eigenvalue weighted by Crippen LogP contribution is -1.98. The van der Waals surface area contributed by atoms with Crippen molar-refractivity contribution in [1.82, 2.24) is 4.98 Å². The minimum atomic E-state index is -4.19. The number of halogens is 3. The van der Waals surface area contributed by atoms with Gasteiger partial charge in [0.05, 0.1) is 5.03 Å². The zero-order chi connectivity index (χ0) is 7.61. The summed E-state index contributed by atoms with van der Waals surface area (Å²) in [7, 11) is 0. The predicted molar refractivity (Wildman–Crippen MR) is 32.7 cm³/mol. The van der Waals surface area contributed by atoms with Crippen LogP contribution in [0.3, 0.4) is 0 Å². The lowest BCUT2D eigenvalue weighted by molar-refractivity contribution is -0.0329. The van der Waals surface area contributed by atoms with Crippen molar-refractivity contribution in [2.24, 2.45) is 0 Å². The standard InChI is InChI=1S/C5H4F3NS/c6-5(7,8)10-4-2-1-3-9-4/h1-3,9H. The summed E-state index contributed by atoms with van der Waals surface area (Å²) in [5.74, 6) is 0. The topological polar surface area (TPSA) is 15.8 Å². The van der Waals surface area contributed by atoms with Gasteiger partial charge < -0.3 is 4.98 Å². The number of nitrogens with one attached hydrogen (secondary N) is 1. The first kappa shape index (κ1) is 7.53. The number of H-pyrrole nitrogens is 1. The van der Waals surface area contributed by atoms with E-state index >= 15 is 0 Å². The van der Waals surface area contributed by atoms with E-state index in [4.69, 9.17) is 0 Å². The fourth-order valence-electron chi connectivity index (χ4n) is 0.502. The maximum atomic E-state index is 11.6. The molecule has 1 aromatic rings. The molecule has 5 heteroatoms. The van der Waals surface area contributed by atoms with Crippen LogP contribution in [-0.4, -0.2) is 10.5 Å². The molecule has 0 aliphatic carbocycles. The molecule has 0 radical (unpaired) electrons. The van der Waals surface area contributed by atoms with Crippen molar-refractivity contribution in [3.8, 4) is 0 Å². The molecule has 0 saturated heterocycles. The molecule has 1 nitrogen and oxygen atoms in total. The molecule has 0 unspecified atom stereocenters. The molecule has 0 bridgehead atoms. The van der Waals surface area contributed by atoms with Gasteiger partial charge in [-0.05, 0) is 12.1 Å². The quantitative estimate of drug-likeness (QED) is 0.635. The molecule has 56 valence electrons. The van der Waals surface area contributed by atoms with Crippen LogP contribution in [0.1, 0.15) is 0 Å². The zero-order valence-corrected chi connectivity index (χ0v) is 5.59. The van der Waals surface area contributed by atoms with Crippen molar-refractivity contribution in [3.63, 3.8) is 0 Å². The second kappa shape index (κ2) is 2.57. The van der Waals surface area contributed by atoms with Crippen LogP contribution in [0.25, 0.3) is 0 Å². The van der Waals surface area contributed by atoms with Gasteiger partial charge in [-0.1, -0.05) is 0 Å². The molecule has 1 heterocycles. The molecule has 0 atom stereocenters. The van der Waals surface area contributed by atoms with E-state index in [0.717, 1.165) is 0 Å². The summed E-state index contributed by atoms with van der Waals surface area (Å²) in [4.78, 5) is 2.44. The normalized spacial score (nSPS) is 11.9. The van der Waals surface area contributed by atoms with Crippen LogP contribution in [0.15, 0.2) is 23.4 Å². The van der Waals surface area contributed by atoms with Crippen molar-refractivity contribution in [3.05, 3.63) is 18.3 Å². The number of alkyl halides is 3. The number of hydrogen-bond acceptors (Lipinski definition) is 1. The largest absolute Gasteiger partial charge is 0.447 e. The fraction of sp³-hybridized carbons (Fsp3) is 0.200. The molecule has 10 heavy (non-hydrogen) atoms. The average Bonchev–Trinajstić information content (AvgIpc) is 2.12. The Balaban J connectivity index is 2.57. The van der Waals surface area contributed by atoms with Gasteiger partial charge in [0.1, 0.15) is 0 Å². The smallest absolute Gasteiger partial charge is 0.356 e. The van der Waals surface area contributed by atoms with Gasteiger partial charge in [0.2, 0.25) is 0 Å². The van der Waals surface area contributed by atoms with E-state index in [0.29, 0.717) is 0 Å². The van der Waals surface area contributed by atoms with Gasteiger partial charge in [-0.2, -0.15) is 13.2 Å². The Kier molecular flexibility index (Phi) is 1.94. The van der Waals surface area contributed by atoms with Crippen LogP contribution in [0.2, 0.25) is 0 Å². The summed E-state index contributed by atoms with van der Waals surface area (Å²) in [5, 5.41) is 0.118. The fourth-order valence-corrected chi connectivity index (χ4v) is 1.02. The summed E-state index contributed by atoms with van der Waals surface area (Å²) in [6.07, 6.45) is 1.45. The highest BCUT2D eigenvalue weighted by Crippen LogP contribution is 2.35. The predicted octanol–water partition coefficient (Wildman–Crippen LogP) is 2.63. The maximum absolute atomic E-state index is 11.6. The molecule has 0 amide bonds. The molecule has 1 N–H and O–H groups in total. The third kappa shape index (κ3) is 2.34.